The second-order valence-electron chi connectivity index (χ2n) is 8.78. The van der Waals surface area contributed by atoms with Crippen molar-refractivity contribution in [3.05, 3.63) is 53.6 Å². The van der Waals surface area contributed by atoms with Gasteiger partial charge in [-0.05, 0) is 56.1 Å². The number of piperidine rings is 1. The van der Waals surface area contributed by atoms with Crippen molar-refractivity contribution in [2.24, 2.45) is 11.0 Å². The molecule has 7 heteroatoms. The van der Waals surface area contributed by atoms with Crippen LogP contribution in [0.5, 0.6) is 17.2 Å². The van der Waals surface area contributed by atoms with Crippen molar-refractivity contribution in [1.82, 2.24) is 9.91 Å². The number of methoxy groups -OCH3 is 3. The van der Waals surface area contributed by atoms with E-state index in [1.807, 2.05) is 42.5 Å². The van der Waals surface area contributed by atoms with Crippen LogP contribution in [-0.4, -0.2) is 62.5 Å². The van der Waals surface area contributed by atoms with E-state index in [0.717, 1.165) is 54.4 Å². The van der Waals surface area contributed by atoms with Crippen molar-refractivity contribution in [1.29, 1.82) is 0 Å². The summed E-state index contributed by atoms with van der Waals surface area (Å²) in [6, 6.07) is 13.4. The molecule has 1 saturated heterocycles. The van der Waals surface area contributed by atoms with Gasteiger partial charge in [-0.1, -0.05) is 25.1 Å². The monoisotopic (exact) mass is 451 g/mol. The summed E-state index contributed by atoms with van der Waals surface area (Å²) in [5, 5.41) is 6.48. The molecule has 0 spiro atoms. The van der Waals surface area contributed by atoms with Gasteiger partial charge in [0.2, 0.25) is 0 Å². The van der Waals surface area contributed by atoms with Crippen LogP contribution in [0.15, 0.2) is 47.6 Å². The van der Waals surface area contributed by atoms with Crippen LogP contribution in [-0.2, 0) is 4.79 Å². The van der Waals surface area contributed by atoms with Gasteiger partial charge in [-0.25, -0.2) is 5.01 Å². The van der Waals surface area contributed by atoms with Gasteiger partial charge in [0, 0.05) is 17.5 Å². The summed E-state index contributed by atoms with van der Waals surface area (Å²) < 4.78 is 16.5. The van der Waals surface area contributed by atoms with Gasteiger partial charge in [0.25, 0.3) is 5.91 Å². The van der Waals surface area contributed by atoms with Crippen LogP contribution < -0.4 is 14.2 Å². The van der Waals surface area contributed by atoms with E-state index in [1.54, 1.807) is 26.3 Å². The minimum Gasteiger partial charge on any atom is -0.496 e. The number of nitrogens with zero attached hydrogens (tertiary/aromatic N) is 3. The van der Waals surface area contributed by atoms with Crippen molar-refractivity contribution in [2.45, 2.75) is 32.2 Å². The Morgan fingerprint density at radius 3 is 2.36 bits per heavy atom. The Balaban J connectivity index is 1.64. The average molecular weight is 452 g/mol. The summed E-state index contributed by atoms with van der Waals surface area (Å²) in [7, 11) is 4.89. The van der Waals surface area contributed by atoms with Crippen molar-refractivity contribution in [3.8, 4) is 17.2 Å². The Hall–Kier alpha value is -3.06. The first-order chi connectivity index (χ1) is 16.0. The van der Waals surface area contributed by atoms with E-state index in [0.29, 0.717) is 24.5 Å². The third kappa shape index (κ3) is 4.98. The zero-order valence-corrected chi connectivity index (χ0v) is 19.9. The van der Waals surface area contributed by atoms with Crippen LogP contribution in [0.2, 0.25) is 0 Å². The molecule has 0 unspecified atom stereocenters. The van der Waals surface area contributed by atoms with Crippen molar-refractivity contribution < 1.29 is 19.0 Å². The summed E-state index contributed by atoms with van der Waals surface area (Å²) in [6.07, 6.45) is 2.85. The minimum absolute atomic E-state index is 0.0101. The normalized spacial score (nSPS) is 19.3. The van der Waals surface area contributed by atoms with Gasteiger partial charge in [0.15, 0.2) is 11.5 Å². The van der Waals surface area contributed by atoms with E-state index in [4.69, 9.17) is 19.3 Å². The Labute approximate surface area is 195 Å². The van der Waals surface area contributed by atoms with Crippen LogP contribution in [0.25, 0.3) is 0 Å². The maximum atomic E-state index is 13.5. The molecule has 0 saturated carbocycles. The maximum Gasteiger partial charge on any atom is 0.257 e. The lowest BCUT2D eigenvalue weighted by atomic mass is 9.97. The molecule has 2 aromatic rings. The van der Waals surface area contributed by atoms with Crippen LogP contribution >= 0.6 is 0 Å². The second kappa shape index (κ2) is 10.3. The smallest absolute Gasteiger partial charge is 0.257 e. The highest BCUT2D eigenvalue weighted by Gasteiger charge is 2.35. The van der Waals surface area contributed by atoms with Crippen molar-refractivity contribution in [2.75, 3.05) is 41.0 Å². The number of benzene rings is 2. The van der Waals surface area contributed by atoms with Gasteiger partial charge in [0.1, 0.15) is 5.75 Å². The Morgan fingerprint density at radius 1 is 0.970 bits per heavy atom. The number of amides is 1. The second-order valence-corrected chi connectivity index (χ2v) is 8.78. The molecule has 0 N–H and O–H groups in total. The molecule has 7 nitrogen and oxygen atoms in total. The molecule has 4 rings (SSSR count). The third-order valence-electron chi connectivity index (χ3n) is 6.62. The fraction of sp³-hybridized carbons (Fsp3) is 0.462. The predicted octanol–water partition coefficient (Wildman–Crippen LogP) is 4.12. The quantitative estimate of drug-likeness (QED) is 0.634. The first-order valence-corrected chi connectivity index (χ1v) is 11.5. The maximum absolute atomic E-state index is 13.5. The van der Waals surface area contributed by atoms with E-state index >= 15 is 0 Å². The topological polar surface area (TPSA) is 63.6 Å². The summed E-state index contributed by atoms with van der Waals surface area (Å²) >= 11 is 0. The molecule has 2 heterocycles. The highest BCUT2D eigenvalue weighted by molar-refractivity contribution is 6.03. The number of hydrazone groups is 1. The highest BCUT2D eigenvalue weighted by atomic mass is 16.5. The lowest BCUT2D eigenvalue weighted by Gasteiger charge is -2.31. The molecule has 0 aromatic heterocycles. The third-order valence-corrected chi connectivity index (χ3v) is 6.62. The standard InChI is InChI=1S/C26H33N3O4/c1-18-11-13-28(14-12-18)17-26(30)29-22(20-7-5-6-8-23(20)31-2)16-21(27-29)19-9-10-24(32-3)25(15-19)33-4/h5-10,15,18,22H,11-14,16-17H2,1-4H3/t22-/m0/s1. The van der Waals surface area contributed by atoms with Crippen molar-refractivity contribution >= 4 is 11.6 Å². The van der Waals surface area contributed by atoms with E-state index < -0.39 is 0 Å². The summed E-state index contributed by atoms with van der Waals surface area (Å²) in [5.74, 6) is 2.79. The average Bonchev–Trinajstić information content (AvgIpc) is 3.30. The van der Waals surface area contributed by atoms with Crippen LogP contribution in [0.1, 0.15) is 43.4 Å². The molecule has 2 aliphatic heterocycles. The fourth-order valence-corrected chi connectivity index (χ4v) is 4.60. The van der Waals surface area contributed by atoms with Crippen molar-refractivity contribution in [3.63, 3.8) is 0 Å². The Morgan fingerprint density at radius 2 is 1.67 bits per heavy atom. The molecule has 1 amide bonds. The first kappa shape index (κ1) is 23.1. The number of ether oxygens (including phenoxy) is 3. The van der Waals surface area contributed by atoms with E-state index in [1.165, 1.54) is 0 Å². The number of carbonyl (C=O) groups excluding carboxylic acids is 1. The van der Waals surface area contributed by atoms with E-state index in [2.05, 4.69) is 11.8 Å². The number of rotatable bonds is 7. The number of likely N-dealkylation sites (tertiary alicyclic amines) is 1. The molecule has 33 heavy (non-hydrogen) atoms. The molecular weight excluding hydrogens is 418 g/mol. The van der Waals surface area contributed by atoms with Crippen LogP contribution in [0.4, 0.5) is 0 Å². The van der Waals surface area contributed by atoms with Gasteiger partial charge >= 0.3 is 0 Å². The van der Waals surface area contributed by atoms with Gasteiger partial charge in [-0.3, -0.25) is 9.69 Å². The molecule has 0 aliphatic carbocycles. The molecule has 0 radical (unpaired) electrons. The number of hydrogen-bond donors (Lipinski definition) is 0. The van der Waals surface area contributed by atoms with E-state index in [9.17, 15) is 4.79 Å². The van der Waals surface area contributed by atoms with E-state index in [-0.39, 0.29) is 11.9 Å². The molecular formula is C26H33N3O4. The molecule has 1 atom stereocenters. The molecule has 2 aliphatic rings. The predicted molar refractivity (Wildman–Crippen MR) is 128 cm³/mol. The zero-order chi connectivity index (χ0) is 23.4. The summed E-state index contributed by atoms with van der Waals surface area (Å²) in [5.41, 5.74) is 2.71. The number of carbonyl (C=O) groups is 1. The number of hydrogen-bond acceptors (Lipinski definition) is 6. The highest BCUT2D eigenvalue weighted by Crippen LogP contribution is 2.38. The van der Waals surface area contributed by atoms with Crippen LogP contribution in [0, 0.1) is 5.92 Å². The zero-order valence-electron chi connectivity index (χ0n) is 19.9. The van der Waals surface area contributed by atoms with Crippen LogP contribution in [0.3, 0.4) is 0 Å². The largest absolute Gasteiger partial charge is 0.496 e. The molecule has 0 bridgehead atoms. The Kier molecular flexibility index (Phi) is 7.18. The Bertz CT molecular complexity index is 1010. The molecule has 176 valence electrons. The first-order valence-electron chi connectivity index (χ1n) is 11.5. The summed E-state index contributed by atoms with van der Waals surface area (Å²) in [6.45, 7) is 4.55. The summed E-state index contributed by atoms with van der Waals surface area (Å²) in [4.78, 5) is 15.7. The lowest BCUT2D eigenvalue weighted by molar-refractivity contribution is -0.134. The van der Waals surface area contributed by atoms with Gasteiger partial charge in [-0.15, -0.1) is 0 Å². The molecule has 2 aromatic carbocycles. The fourth-order valence-electron chi connectivity index (χ4n) is 4.60. The van der Waals surface area contributed by atoms with Gasteiger partial charge in [-0.2, -0.15) is 5.10 Å². The van der Waals surface area contributed by atoms with Gasteiger partial charge < -0.3 is 14.2 Å². The van der Waals surface area contributed by atoms with Gasteiger partial charge in [0.05, 0.1) is 39.6 Å². The number of para-hydroxylation sites is 1. The minimum atomic E-state index is -0.222. The molecule has 1 fully saturated rings. The lowest BCUT2D eigenvalue weighted by Crippen LogP contribution is -2.41. The SMILES string of the molecule is COc1ccc(C2=NN(C(=O)CN3CCC(C)CC3)[C@H](c3ccccc3OC)C2)cc1OC.